The first-order valence-electron chi connectivity index (χ1n) is 10.1. The van der Waals surface area contributed by atoms with Crippen LogP contribution in [0.5, 0.6) is 0 Å². The highest BCUT2D eigenvalue weighted by Gasteiger charge is 2.24. The molecule has 0 radical (unpaired) electrons. The fourth-order valence-electron chi connectivity index (χ4n) is 3.87. The van der Waals surface area contributed by atoms with E-state index in [0.717, 1.165) is 23.8 Å². The van der Waals surface area contributed by atoms with Crippen LogP contribution in [0.4, 0.5) is 17.5 Å². The second kappa shape index (κ2) is 7.83. The van der Waals surface area contributed by atoms with Gasteiger partial charge in [-0.25, -0.2) is 9.97 Å². The second-order valence-corrected chi connectivity index (χ2v) is 8.09. The molecule has 29 heavy (non-hydrogen) atoms. The third-order valence-electron chi connectivity index (χ3n) is 5.39. The van der Waals surface area contributed by atoms with E-state index >= 15 is 0 Å². The molecule has 0 aliphatic heterocycles. The quantitative estimate of drug-likeness (QED) is 0.611. The van der Waals surface area contributed by atoms with Gasteiger partial charge in [-0.05, 0) is 75.2 Å². The molecule has 1 aliphatic rings. The van der Waals surface area contributed by atoms with E-state index in [1.165, 1.54) is 0 Å². The minimum Gasteiger partial charge on any atom is -0.393 e. The molecule has 7 heteroatoms. The van der Waals surface area contributed by atoms with Gasteiger partial charge in [0.2, 0.25) is 0 Å². The molecule has 3 aromatic heterocycles. The van der Waals surface area contributed by atoms with E-state index in [2.05, 4.69) is 15.6 Å². The number of rotatable bonds is 5. The Morgan fingerprint density at radius 3 is 2.72 bits per heavy atom. The molecular formula is C22H27N5O2. The maximum absolute atomic E-state index is 13.1. The minimum absolute atomic E-state index is 0.0577. The molecule has 3 aromatic rings. The summed E-state index contributed by atoms with van der Waals surface area (Å²) in [4.78, 5) is 22.2. The zero-order chi connectivity index (χ0) is 20.5. The second-order valence-electron chi connectivity index (χ2n) is 8.09. The molecule has 4 rings (SSSR count). The van der Waals surface area contributed by atoms with E-state index in [4.69, 9.17) is 4.98 Å². The van der Waals surface area contributed by atoms with Crippen LogP contribution in [0, 0.1) is 6.92 Å². The molecule has 0 spiro atoms. The van der Waals surface area contributed by atoms with Gasteiger partial charge in [0, 0.05) is 24.5 Å². The lowest BCUT2D eigenvalue weighted by Gasteiger charge is -2.18. The number of pyridine rings is 3. The van der Waals surface area contributed by atoms with Crippen molar-refractivity contribution in [3.05, 3.63) is 52.6 Å². The standard InChI is InChI=1S/C22H27N5O2/c1-13(2)27-9-7-15-11-19(25-18-10-14(3)6-8-23-18)26-21(20(15)22(27)29)24-16-4-5-17(28)12-16/h6-11,13,16-17,28H,4-5,12H2,1-3H3,(H2,23,24,25,26)/t16-,17+/m0/s1. The topological polar surface area (TPSA) is 92.1 Å². The van der Waals surface area contributed by atoms with Gasteiger partial charge in [0.05, 0.1) is 11.5 Å². The lowest BCUT2D eigenvalue weighted by Crippen LogP contribution is -2.24. The van der Waals surface area contributed by atoms with Crippen LogP contribution in [0.2, 0.25) is 0 Å². The highest BCUT2D eigenvalue weighted by molar-refractivity contribution is 5.93. The van der Waals surface area contributed by atoms with Crippen molar-refractivity contribution in [1.29, 1.82) is 0 Å². The largest absolute Gasteiger partial charge is 0.393 e. The Bertz CT molecular complexity index is 1090. The van der Waals surface area contributed by atoms with E-state index in [0.29, 0.717) is 29.3 Å². The van der Waals surface area contributed by atoms with E-state index in [1.807, 2.05) is 51.2 Å². The molecule has 1 saturated carbocycles. The average Bonchev–Trinajstić information content (AvgIpc) is 3.06. The SMILES string of the molecule is Cc1ccnc(Nc2cc3ccn(C(C)C)c(=O)c3c(N[C@H]3CC[C@@H](O)C3)n2)c1. The van der Waals surface area contributed by atoms with Gasteiger partial charge in [-0.2, -0.15) is 0 Å². The highest BCUT2D eigenvalue weighted by atomic mass is 16.3. The molecule has 2 atom stereocenters. The lowest BCUT2D eigenvalue weighted by molar-refractivity contribution is 0.182. The van der Waals surface area contributed by atoms with Gasteiger partial charge in [-0.15, -0.1) is 0 Å². The first kappa shape index (κ1) is 19.4. The molecule has 0 saturated heterocycles. The molecular weight excluding hydrogens is 366 g/mol. The van der Waals surface area contributed by atoms with Crippen molar-refractivity contribution in [2.24, 2.45) is 0 Å². The number of anilines is 3. The first-order chi connectivity index (χ1) is 13.9. The molecule has 0 aromatic carbocycles. The molecule has 1 aliphatic carbocycles. The number of aromatic nitrogens is 3. The third-order valence-corrected chi connectivity index (χ3v) is 5.39. The Hall–Kier alpha value is -2.93. The van der Waals surface area contributed by atoms with Crippen LogP contribution in [0.15, 0.2) is 41.5 Å². The number of aliphatic hydroxyl groups excluding tert-OH is 1. The first-order valence-corrected chi connectivity index (χ1v) is 10.1. The predicted octanol–water partition coefficient (Wildman–Crippen LogP) is 3.75. The summed E-state index contributed by atoms with van der Waals surface area (Å²) in [7, 11) is 0. The van der Waals surface area contributed by atoms with Gasteiger partial charge in [-0.3, -0.25) is 4.79 Å². The lowest BCUT2D eigenvalue weighted by atomic mass is 10.1. The molecule has 0 amide bonds. The predicted molar refractivity (Wildman–Crippen MR) is 116 cm³/mol. The zero-order valence-electron chi connectivity index (χ0n) is 17.0. The van der Waals surface area contributed by atoms with Crippen LogP contribution >= 0.6 is 0 Å². The normalized spacial score (nSPS) is 19.1. The summed E-state index contributed by atoms with van der Waals surface area (Å²) in [5.41, 5.74) is 1.03. The smallest absolute Gasteiger partial charge is 0.262 e. The van der Waals surface area contributed by atoms with Crippen molar-refractivity contribution >= 4 is 28.2 Å². The van der Waals surface area contributed by atoms with Crippen LogP contribution in [-0.2, 0) is 0 Å². The number of fused-ring (bicyclic) bond motifs is 1. The number of nitrogens with one attached hydrogen (secondary N) is 2. The summed E-state index contributed by atoms with van der Waals surface area (Å²) in [6.07, 6.45) is 5.55. The number of aliphatic hydroxyl groups is 1. The fraction of sp³-hybridized carbons (Fsp3) is 0.409. The van der Waals surface area contributed by atoms with Crippen LogP contribution in [0.25, 0.3) is 10.8 Å². The van der Waals surface area contributed by atoms with E-state index in [9.17, 15) is 9.90 Å². The summed E-state index contributed by atoms with van der Waals surface area (Å²) in [5.74, 6) is 1.88. The van der Waals surface area contributed by atoms with Gasteiger partial charge in [0.15, 0.2) is 0 Å². The zero-order valence-corrected chi connectivity index (χ0v) is 17.0. The molecule has 0 unspecified atom stereocenters. The minimum atomic E-state index is -0.302. The van der Waals surface area contributed by atoms with Crippen LogP contribution in [0.3, 0.4) is 0 Å². The maximum Gasteiger partial charge on any atom is 0.262 e. The van der Waals surface area contributed by atoms with E-state index in [-0.39, 0.29) is 23.7 Å². The molecule has 3 N–H and O–H groups in total. The monoisotopic (exact) mass is 393 g/mol. The van der Waals surface area contributed by atoms with Crippen molar-refractivity contribution < 1.29 is 5.11 Å². The van der Waals surface area contributed by atoms with Gasteiger partial charge in [0.1, 0.15) is 17.5 Å². The van der Waals surface area contributed by atoms with Crippen molar-refractivity contribution in [3.63, 3.8) is 0 Å². The Balaban J connectivity index is 1.80. The molecule has 3 heterocycles. The van der Waals surface area contributed by atoms with Gasteiger partial charge < -0.3 is 20.3 Å². The Kier molecular flexibility index (Phi) is 5.24. The summed E-state index contributed by atoms with van der Waals surface area (Å²) in [6, 6.07) is 7.86. The number of hydrogen-bond donors (Lipinski definition) is 3. The van der Waals surface area contributed by atoms with Crippen LogP contribution in [0.1, 0.15) is 44.7 Å². The Labute approximate surface area is 169 Å². The fourth-order valence-corrected chi connectivity index (χ4v) is 3.87. The highest BCUT2D eigenvalue weighted by Crippen LogP contribution is 2.28. The molecule has 7 nitrogen and oxygen atoms in total. The van der Waals surface area contributed by atoms with Crippen molar-refractivity contribution in [3.8, 4) is 0 Å². The van der Waals surface area contributed by atoms with Crippen molar-refractivity contribution in [2.75, 3.05) is 10.6 Å². The molecule has 1 fully saturated rings. The van der Waals surface area contributed by atoms with Gasteiger partial charge in [0.25, 0.3) is 5.56 Å². The van der Waals surface area contributed by atoms with Crippen molar-refractivity contribution in [1.82, 2.24) is 14.5 Å². The van der Waals surface area contributed by atoms with Crippen LogP contribution < -0.4 is 16.2 Å². The maximum atomic E-state index is 13.1. The summed E-state index contributed by atoms with van der Waals surface area (Å²) >= 11 is 0. The van der Waals surface area contributed by atoms with E-state index < -0.39 is 0 Å². The van der Waals surface area contributed by atoms with Crippen LogP contribution in [-0.4, -0.2) is 31.8 Å². The van der Waals surface area contributed by atoms with Gasteiger partial charge in [-0.1, -0.05) is 0 Å². The molecule has 152 valence electrons. The summed E-state index contributed by atoms with van der Waals surface area (Å²) < 4.78 is 1.72. The summed E-state index contributed by atoms with van der Waals surface area (Å²) in [6.45, 7) is 5.98. The van der Waals surface area contributed by atoms with Gasteiger partial charge >= 0.3 is 0 Å². The third kappa shape index (κ3) is 4.10. The number of nitrogens with zero attached hydrogens (tertiary/aromatic N) is 3. The average molecular weight is 393 g/mol. The van der Waals surface area contributed by atoms with Crippen molar-refractivity contribution in [2.45, 2.75) is 58.2 Å². The number of aryl methyl sites for hydroxylation is 1. The van der Waals surface area contributed by atoms with E-state index in [1.54, 1.807) is 10.8 Å². The molecule has 0 bridgehead atoms. The Morgan fingerprint density at radius 1 is 1.21 bits per heavy atom. The Morgan fingerprint density at radius 2 is 2.03 bits per heavy atom. The summed E-state index contributed by atoms with van der Waals surface area (Å²) in [5, 5.41) is 17.9. The number of hydrogen-bond acceptors (Lipinski definition) is 6.